The Morgan fingerprint density at radius 1 is 1.10 bits per heavy atom. The van der Waals surface area contributed by atoms with Crippen molar-refractivity contribution in [3.8, 4) is 0 Å². The maximum atomic E-state index is 12.0. The van der Waals surface area contributed by atoms with Gasteiger partial charge in [-0.25, -0.2) is 4.98 Å². The maximum absolute atomic E-state index is 12.0. The molecule has 0 aromatic carbocycles. The molecule has 0 spiro atoms. The lowest BCUT2D eigenvalue weighted by Gasteiger charge is -2.05. The quantitative estimate of drug-likeness (QED) is 0.855. The summed E-state index contributed by atoms with van der Waals surface area (Å²) >= 11 is 0. The minimum atomic E-state index is -0.422. The molecule has 0 unspecified atom stereocenters. The van der Waals surface area contributed by atoms with Gasteiger partial charge in [-0.05, 0) is 32.4 Å². The van der Waals surface area contributed by atoms with E-state index < -0.39 is 5.91 Å². The van der Waals surface area contributed by atoms with Crippen molar-refractivity contribution >= 4 is 17.7 Å². The van der Waals surface area contributed by atoms with E-state index in [1.807, 2.05) is 0 Å². The molecular formula is C13H17N7O. The van der Waals surface area contributed by atoms with E-state index in [4.69, 9.17) is 0 Å². The Morgan fingerprint density at radius 2 is 1.90 bits per heavy atom. The van der Waals surface area contributed by atoms with Gasteiger partial charge in [0.05, 0.1) is 11.4 Å². The van der Waals surface area contributed by atoms with Crippen LogP contribution >= 0.6 is 0 Å². The van der Waals surface area contributed by atoms with Crippen LogP contribution in [-0.4, -0.2) is 37.8 Å². The highest BCUT2D eigenvalue weighted by molar-refractivity contribution is 6.01. The Hall–Kier alpha value is -2.64. The highest BCUT2D eigenvalue weighted by atomic mass is 16.2. The van der Waals surface area contributed by atoms with Gasteiger partial charge in [0.15, 0.2) is 5.69 Å². The number of aromatic nitrogens is 5. The van der Waals surface area contributed by atoms with Crippen molar-refractivity contribution in [2.45, 2.75) is 27.2 Å². The fourth-order valence-electron chi connectivity index (χ4n) is 1.48. The largest absolute Gasteiger partial charge is 0.369 e. The first-order chi connectivity index (χ1) is 10.1. The van der Waals surface area contributed by atoms with E-state index in [1.165, 1.54) is 0 Å². The van der Waals surface area contributed by atoms with Crippen molar-refractivity contribution in [1.29, 1.82) is 0 Å². The number of anilines is 2. The van der Waals surface area contributed by atoms with Crippen LogP contribution in [0.4, 0.5) is 11.8 Å². The average molecular weight is 287 g/mol. The molecule has 0 fully saturated rings. The second-order valence-electron chi connectivity index (χ2n) is 4.49. The van der Waals surface area contributed by atoms with Gasteiger partial charge in [0.25, 0.3) is 5.91 Å². The molecule has 0 bridgehead atoms. The van der Waals surface area contributed by atoms with Crippen LogP contribution in [0.1, 0.15) is 35.2 Å². The maximum Gasteiger partial charge on any atom is 0.278 e. The third-order valence-electron chi connectivity index (χ3n) is 2.77. The van der Waals surface area contributed by atoms with E-state index in [1.54, 1.807) is 26.0 Å². The SMILES string of the molecule is CCCNc1ccc(C(=O)Nc2nnc(C)c(C)n2)nn1. The Morgan fingerprint density at radius 3 is 2.52 bits per heavy atom. The molecular weight excluding hydrogens is 270 g/mol. The summed E-state index contributed by atoms with van der Waals surface area (Å²) < 4.78 is 0. The monoisotopic (exact) mass is 287 g/mol. The summed E-state index contributed by atoms with van der Waals surface area (Å²) in [5.41, 5.74) is 1.63. The number of hydrogen-bond donors (Lipinski definition) is 2. The number of hydrogen-bond acceptors (Lipinski definition) is 7. The zero-order valence-electron chi connectivity index (χ0n) is 12.2. The van der Waals surface area contributed by atoms with Crippen molar-refractivity contribution in [1.82, 2.24) is 25.4 Å². The third-order valence-corrected chi connectivity index (χ3v) is 2.77. The molecule has 0 atom stereocenters. The summed E-state index contributed by atoms with van der Waals surface area (Å²) in [5, 5.41) is 21.1. The molecule has 0 saturated carbocycles. The average Bonchev–Trinajstić information content (AvgIpc) is 2.49. The van der Waals surface area contributed by atoms with Crippen LogP contribution in [0.5, 0.6) is 0 Å². The summed E-state index contributed by atoms with van der Waals surface area (Å²) in [6, 6.07) is 3.30. The molecule has 8 nitrogen and oxygen atoms in total. The molecule has 2 heterocycles. The van der Waals surface area contributed by atoms with Gasteiger partial charge >= 0.3 is 0 Å². The normalized spacial score (nSPS) is 10.2. The Kier molecular flexibility index (Phi) is 4.70. The molecule has 21 heavy (non-hydrogen) atoms. The number of rotatable bonds is 5. The first kappa shape index (κ1) is 14.8. The van der Waals surface area contributed by atoms with Crippen LogP contribution in [0.25, 0.3) is 0 Å². The summed E-state index contributed by atoms with van der Waals surface area (Å²) in [4.78, 5) is 16.1. The van der Waals surface area contributed by atoms with E-state index >= 15 is 0 Å². The second kappa shape index (κ2) is 6.69. The number of nitrogens with one attached hydrogen (secondary N) is 2. The molecule has 2 aromatic heterocycles. The smallest absolute Gasteiger partial charge is 0.278 e. The molecule has 2 rings (SSSR count). The van der Waals surface area contributed by atoms with Gasteiger partial charge in [-0.15, -0.1) is 15.3 Å². The lowest BCUT2D eigenvalue weighted by molar-refractivity contribution is 0.102. The van der Waals surface area contributed by atoms with E-state index in [2.05, 4.69) is 42.9 Å². The highest BCUT2D eigenvalue weighted by Crippen LogP contribution is 2.06. The molecule has 0 saturated heterocycles. The molecule has 0 aliphatic carbocycles. The summed E-state index contributed by atoms with van der Waals surface area (Å²) in [7, 11) is 0. The summed E-state index contributed by atoms with van der Waals surface area (Å²) in [5.74, 6) is 0.366. The van der Waals surface area contributed by atoms with Crippen LogP contribution in [0.15, 0.2) is 12.1 Å². The number of carbonyl (C=O) groups excluding carboxylic acids is 1. The number of nitrogens with zero attached hydrogens (tertiary/aromatic N) is 5. The van der Waals surface area contributed by atoms with Crippen molar-refractivity contribution in [3.05, 3.63) is 29.2 Å². The molecule has 8 heteroatoms. The van der Waals surface area contributed by atoms with E-state index in [0.29, 0.717) is 11.5 Å². The van der Waals surface area contributed by atoms with Crippen LogP contribution in [0.3, 0.4) is 0 Å². The number of aryl methyl sites for hydroxylation is 2. The highest BCUT2D eigenvalue weighted by Gasteiger charge is 2.11. The molecule has 2 N–H and O–H groups in total. The molecule has 0 radical (unpaired) electrons. The van der Waals surface area contributed by atoms with E-state index in [0.717, 1.165) is 18.7 Å². The molecule has 1 amide bonds. The summed E-state index contributed by atoms with van der Waals surface area (Å²) in [6.07, 6.45) is 0.987. The number of amides is 1. The van der Waals surface area contributed by atoms with Crippen LogP contribution in [-0.2, 0) is 0 Å². The van der Waals surface area contributed by atoms with Gasteiger partial charge < -0.3 is 5.32 Å². The van der Waals surface area contributed by atoms with Crippen molar-refractivity contribution < 1.29 is 4.79 Å². The lowest BCUT2D eigenvalue weighted by Crippen LogP contribution is -2.17. The Bertz CT molecular complexity index is 627. The Labute approximate surface area is 122 Å². The Balaban J connectivity index is 2.04. The fraction of sp³-hybridized carbons (Fsp3) is 0.385. The topological polar surface area (TPSA) is 106 Å². The number of carbonyl (C=O) groups is 1. The van der Waals surface area contributed by atoms with Crippen LogP contribution in [0.2, 0.25) is 0 Å². The third kappa shape index (κ3) is 3.91. The fourth-order valence-corrected chi connectivity index (χ4v) is 1.48. The van der Waals surface area contributed by atoms with Crippen molar-refractivity contribution in [3.63, 3.8) is 0 Å². The van der Waals surface area contributed by atoms with Gasteiger partial charge in [-0.1, -0.05) is 6.92 Å². The van der Waals surface area contributed by atoms with Crippen LogP contribution < -0.4 is 10.6 Å². The second-order valence-corrected chi connectivity index (χ2v) is 4.49. The van der Waals surface area contributed by atoms with Crippen molar-refractivity contribution in [2.24, 2.45) is 0 Å². The zero-order chi connectivity index (χ0) is 15.2. The zero-order valence-corrected chi connectivity index (χ0v) is 12.2. The van der Waals surface area contributed by atoms with E-state index in [-0.39, 0.29) is 11.6 Å². The van der Waals surface area contributed by atoms with Gasteiger partial charge in [0, 0.05) is 6.54 Å². The van der Waals surface area contributed by atoms with Crippen molar-refractivity contribution in [2.75, 3.05) is 17.2 Å². The van der Waals surface area contributed by atoms with E-state index in [9.17, 15) is 4.79 Å². The first-order valence-electron chi connectivity index (χ1n) is 6.67. The minimum Gasteiger partial charge on any atom is -0.369 e. The minimum absolute atomic E-state index is 0.151. The lowest BCUT2D eigenvalue weighted by atomic mass is 10.3. The first-order valence-corrected chi connectivity index (χ1v) is 6.67. The predicted octanol–water partition coefficient (Wildman–Crippen LogP) is 1.35. The summed E-state index contributed by atoms with van der Waals surface area (Å²) in [6.45, 7) is 6.46. The molecule has 2 aromatic rings. The van der Waals surface area contributed by atoms with Crippen LogP contribution in [0, 0.1) is 13.8 Å². The standard InChI is InChI=1S/C13H17N7O/c1-4-7-14-11-6-5-10(18-19-11)12(21)16-13-15-8(2)9(3)17-20-13/h5-6H,4,7H2,1-3H3,(H,14,19)(H,15,16,20,21). The van der Waals surface area contributed by atoms with Gasteiger partial charge in [0.2, 0.25) is 5.95 Å². The predicted molar refractivity (Wildman–Crippen MR) is 78.1 cm³/mol. The van der Waals surface area contributed by atoms with Gasteiger partial charge in [-0.3, -0.25) is 10.1 Å². The molecule has 0 aliphatic heterocycles. The molecule has 110 valence electrons. The van der Waals surface area contributed by atoms with Gasteiger partial charge in [0.1, 0.15) is 5.82 Å². The van der Waals surface area contributed by atoms with Gasteiger partial charge in [-0.2, -0.15) is 5.10 Å². The molecule has 0 aliphatic rings.